The number of aromatic nitrogens is 2. The SMILES string of the molecule is O=c1cc(Cl)c2sc(SCc3ccccc3)nc2[nH]1. The van der Waals surface area contributed by atoms with Crippen LogP contribution in [0.15, 0.2) is 45.5 Å². The van der Waals surface area contributed by atoms with Gasteiger partial charge in [-0.1, -0.05) is 53.7 Å². The Morgan fingerprint density at radius 1 is 1.32 bits per heavy atom. The van der Waals surface area contributed by atoms with Gasteiger partial charge in [-0.3, -0.25) is 4.79 Å². The van der Waals surface area contributed by atoms with Crippen molar-refractivity contribution in [2.45, 2.75) is 10.1 Å². The van der Waals surface area contributed by atoms with Gasteiger partial charge in [0.25, 0.3) is 5.56 Å². The number of aromatic amines is 1. The number of halogens is 1. The van der Waals surface area contributed by atoms with E-state index in [2.05, 4.69) is 22.1 Å². The molecule has 2 aromatic heterocycles. The molecule has 0 fully saturated rings. The molecule has 0 atom stereocenters. The van der Waals surface area contributed by atoms with Gasteiger partial charge in [-0.05, 0) is 5.56 Å². The summed E-state index contributed by atoms with van der Waals surface area (Å²) >= 11 is 9.18. The van der Waals surface area contributed by atoms with Gasteiger partial charge >= 0.3 is 0 Å². The second kappa shape index (κ2) is 5.36. The summed E-state index contributed by atoms with van der Waals surface area (Å²) < 4.78 is 1.74. The van der Waals surface area contributed by atoms with Crippen LogP contribution in [0.25, 0.3) is 10.3 Å². The van der Waals surface area contributed by atoms with E-state index in [9.17, 15) is 4.79 Å². The number of pyridine rings is 1. The number of benzene rings is 1. The first-order valence-corrected chi connectivity index (χ1v) is 7.76. The van der Waals surface area contributed by atoms with E-state index in [-0.39, 0.29) is 5.56 Å². The minimum atomic E-state index is -0.220. The smallest absolute Gasteiger partial charge is 0.251 e. The molecule has 0 aliphatic heterocycles. The van der Waals surface area contributed by atoms with Crippen molar-refractivity contribution in [2.75, 3.05) is 0 Å². The van der Waals surface area contributed by atoms with Crippen LogP contribution < -0.4 is 5.56 Å². The van der Waals surface area contributed by atoms with E-state index in [0.717, 1.165) is 14.8 Å². The Morgan fingerprint density at radius 2 is 2.11 bits per heavy atom. The molecule has 0 aliphatic rings. The van der Waals surface area contributed by atoms with Crippen molar-refractivity contribution in [1.82, 2.24) is 9.97 Å². The van der Waals surface area contributed by atoms with Gasteiger partial charge in [0.05, 0.1) is 9.72 Å². The molecule has 19 heavy (non-hydrogen) atoms. The highest BCUT2D eigenvalue weighted by Crippen LogP contribution is 2.33. The second-order valence-electron chi connectivity index (χ2n) is 3.91. The van der Waals surface area contributed by atoms with E-state index in [4.69, 9.17) is 11.6 Å². The maximum absolute atomic E-state index is 11.3. The van der Waals surface area contributed by atoms with Gasteiger partial charge in [-0.25, -0.2) is 4.98 Å². The molecule has 0 radical (unpaired) electrons. The van der Waals surface area contributed by atoms with Gasteiger partial charge in [0.1, 0.15) is 0 Å². The number of nitrogens with one attached hydrogen (secondary N) is 1. The number of fused-ring (bicyclic) bond motifs is 1. The van der Waals surface area contributed by atoms with E-state index < -0.39 is 0 Å². The molecule has 6 heteroatoms. The molecule has 1 aromatic carbocycles. The van der Waals surface area contributed by atoms with Gasteiger partial charge in [-0.15, -0.1) is 11.3 Å². The van der Waals surface area contributed by atoms with Crippen LogP contribution in [-0.4, -0.2) is 9.97 Å². The van der Waals surface area contributed by atoms with Gasteiger partial charge in [0.15, 0.2) is 9.99 Å². The summed E-state index contributed by atoms with van der Waals surface area (Å²) in [5.41, 5.74) is 1.59. The number of thiazole rings is 1. The average molecular weight is 309 g/mol. The topological polar surface area (TPSA) is 45.8 Å². The largest absolute Gasteiger partial charge is 0.306 e. The summed E-state index contributed by atoms with van der Waals surface area (Å²) in [5.74, 6) is 0.850. The number of hydrogen-bond acceptors (Lipinski definition) is 4. The van der Waals surface area contributed by atoms with E-state index in [1.165, 1.54) is 23.0 Å². The molecule has 2 heterocycles. The monoisotopic (exact) mass is 308 g/mol. The fraction of sp³-hybridized carbons (Fsp3) is 0.0769. The normalized spacial score (nSPS) is 11.0. The van der Waals surface area contributed by atoms with Crippen molar-refractivity contribution in [3.05, 3.63) is 57.3 Å². The van der Waals surface area contributed by atoms with Crippen LogP contribution in [0, 0.1) is 0 Å². The fourth-order valence-corrected chi connectivity index (χ4v) is 3.93. The van der Waals surface area contributed by atoms with Crippen LogP contribution in [-0.2, 0) is 5.75 Å². The molecular weight excluding hydrogens is 300 g/mol. The lowest BCUT2D eigenvalue weighted by molar-refractivity contribution is 1.20. The number of rotatable bonds is 3. The molecule has 0 unspecified atom stereocenters. The minimum absolute atomic E-state index is 0.220. The Bertz CT molecular complexity index is 767. The molecule has 0 saturated carbocycles. The van der Waals surface area contributed by atoms with Crippen LogP contribution >= 0.6 is 34.7 Å². The summed E-state index contributed by atoms with van der Waals surface area (Å²) in [6.45, 7) is 0. The molecule has 3 nitrogen and oxygen atoms in total. The van der Waals surface area contributed by atoms with E-state index >= 15 is 0 Å². The Kier molecular flexibility index (Phi) is 3.59. The van der Waals surface area contributed by atoms with Gasteiger partial charge in [-0.2, -0.15) is 0 Å². The molecule has 0 saturated heterocycles. The molecule has 0 aliphatic carbocycles. The van der Waals surface area contributed by atoms with Crippen LogP contribution in [0.2, 0.25) is 5.02 Å². The zero-order chi connectivity index (χ0) is 13.2. The molecule has 96 valence electrons. The van der Waals surface area contributed by atoms with Crippen LogP contribution in [0.4, 0.5) is 0 Å². The highest BCUT2D eigenvalue weighted by atomic mass is 35.5. The number of nitrogens with zero attached hydrogens (tertiary/aromatic N) is 1. The first-order chi connectivity index (χ1) is 9.22. The third-order valence-electron chi connectivity index (χ3n) is 2.53. The first-order valence-electron chi connectivity index (χ1n) is 5.58. The Morgan fingerprint density at radius 3 is 2.89 bits per heavy atom. The predicted molar refractivity (Wildman–Crippen MR) is 81.3 cm³/mol. The third-order valence-corrected chi connectivity index (χ3v) is 5.24. The highest BCUT2D eigenvalue weighted by Gasteiger charge is 2.09. The van der Waals surface area contributed by atoms with Crippen molar-refractivity contribution in [3.8, 4) is 0 Å². The zero-order valence-electron chi connectivity index (χ0n) is 9.72. The van der Waals surface area contributed by atoms with E-state index in [1.54, 1.807) is 11.8 Å². The maximum atomic E-state index is 11.3. The lowest BCUT2D eigenvalue weighted by Gasteiger charge is -1.96. The molecule has 0 amide bonds. The first kappa shape index (κ1) is 12.7. The molecule has 0 bridgehead atoms. The fourth-order valence-electron chi connectivity index (χ4n) is 1.66. The lowest BCUT2D eigenvalue weighted by atomic mass is 10.2. The number of hydrogen-bond donors (Lipinski definition) is 1. The molecular formula is C13H9ClN2OS2. The summed E-state index contributed by atoms with van der Waals surface area (Å²) in [7, 11) is 0. The van der Waals surface area contributed by atoms with Gasteiger partial charge in [0.2, 0.25) is 0 Å². The Balaban J connectivity index is 1.86. The van der Waals surface area contributed by atoms with Crippen molar-refractivity contribution in [2.24, 2.45) is 0 Å². The highest BCUT2D eigenvalue weighted by molar-refractivity contribution is 8.00. The van der Waals surface area contributed by atoms with Crippen LogP contribution in [0.1, 0.15) is 5.56 Å². The number of thioether (sulfide) groups is 1. The predicted octanol–water partition coefficient (Wildman–Crippen LogP) is 3.93. The minimum Gasteiger partial charge on any atom is -0.306 e. The van der Waals surface area contributed by atoms with Crippen molar-refractivity contribution in [3.63, 3.8) is 0 Å². The Labute approximate surface area is 122 Å². The van der Waals surface area contributed by atoms with Crippen LogP contribution in [0.3, 0.4) is 0 Å². The van der Waals surface area contributed by atoms with E-state index in [0.29, 0.717) is 10.7 Å². The van der Waals surface area contributed by atoms with Gasteiger partial charge in [0, 0.05) is 11.8 Å². The quantitative estimate of drug-likeness (QED) is 0.746. The van der Waals surface area contributed by atoms with Gasteiger partial charge < -0.3 is 4.98 Å². The van der Waals surface area contributed by atoms with Crippen molar-refractivity contribution < 1.29 is 0 Å². The maximum Gasteiger partial charge on any atom is 0.251 e. The summed E-state index contributed by atoms with van der Waals surface area (Å²) in [5, 5.41) is 0.461. The number of H-pyrrole nitrogens is 1. The molecule has 0 spiro atoms. The summed E-state index contributed by atoms with van der Waals surface area (Å²) in [6.07, 6.45) is 0. The van der Waals surface area contributed by atoms with E-state index in [1.807, 2.05) is 18.2 Å². The molecule has 3 aromatic rings. The molecule has 3 rings (SSSR count). The summed E-state index contributed by atoms with van der Waals surface area (Å²) in [6, 6.07) is 11.6. The average Bonchev–Trinajstić information content (AvgIpc) is 2.81. The molecule has 1 N–H and O–H groups in total. The second-order valence-corrected chi connectivity index (χ2v) is 6.54. The third kappa shape index (κ3) is 2.83. The zero-order valence-corrected chi connectivity index (χ0v) is 12.1. The summed E-state index contributed by atoms with van der Waals surface area (Å²) in [4.78, 5) is 18.4. The Hall–Kier alpha value is -1.30. The van der Waals surface area contributed by atoms with Crippen LogP contribution in [0.5, 0.6) is 0 Å². The van der Waals surface area contributed by atoms with Crippen molar-refractivity contribution in [1.29, 1.82) is 0 Å². The lowest BCUT2D eigenvalue weighted by Crippen LogP contribution is -2.02. The van der Waals surface area contributed by atoms with Crippen molar-refractivity contribution >= 4 is 45.0 Å². The standard InChI is InChI=1S/C13H9ClN2OS2/c14-9-6-10(17)15-12-11(9)19-13(16-12)18-7-8-4-2-1-3-5-8/h1-6H,7H2,(H,15,17).